The van der Waals surface area contributed by atoms with Crippen LogP contribution in [0, 0.1) is 5.92 Å². The second-order valence-electron chi connectivity index (χ2n) is 8.90. The van der Waals surface area contributed by atoms with Crippen molar-refractivity contribution in [2.75, 3.05) is 30.7 Å². The molecule has 5 rings (SSSR count). The zero-order valence-electron chi connectivity index (χ0n) is 17.9. The highest BCUT2D eigenvalue weighted by molar-refractivity contribution is 5.89. The second-order valence-corrected chi connectivity index (χ2v) is 8.90. The van der Waals surface area contributed by atoms with E-state index in [0.29, 0.717) is 23.3 Å². The van der Waals surface area contributed by atoms with Crippen LogP contribution in [-0.4, -0.2) is 39.1 Å². The number of hydrogen-bond acceptors (Lipinski definition) is 6. The summed E-state index contributed by atoms with van der Waals surface area (Å²) >= 11 is 0. The van der Waals surface area contributed by atoms with Gasteiger partial charge in [0.25, 0.3) is 5.56 Å². The average Bonchev–Trinajstić information content (AvgIpc) is 3.44. The number of nitrogens with one attached hydrogen (secondary N) is 1. The standard InChI is InChI=1S/C24H30N6O/c25-24-27-20-10-14-30(23(31)21(20)22(28-24)26-11-9-17-3-4-17)16-19-7-5-18(6-8-19)15-29-12-1-2-13-29/h5-8,10,14,17H,1-4,9,11-13,15-16H2,(H3,25,26,27,28). The van der Waals surface area contributed by atoms with E-state index < -0.39 is 0 Å². The Labute approximate surface area is 182 Å². The van der Waals surface area contributed by atoms with Gasteiger partial charge in [0.2, 0.25) is 5.95 Å². The highest BCUT2D eigenvalue weighted by Gasteiger charge is 2.21. The Hall–Kier alpha value is -2.93. The molecule has 2 aliphatic rings. The summed E-state index contributed by atoms with van der Waals surface area (Å²) in [5.74, 6) is 1.54. The van der Waals surface area contributed by atoms with E-state index in [4.69, 9.17) is 5.73 Å². The van der Waals surface area contributed by atoms with Gasteiger partial charge in [-0.05, 0) is 55.5 Å². The SMILES string of the molecule is Nc1nc(NCCC2CC2)c2c(=O)n(Cc3ccc(CN4CCCC4)cc3)ccc2n1. The molecule has 162 valence electrons. The number of rotatable bonds is 8. The summed E-state index contributed by atoms with van der Waals surface area (Å²) in [5, 5.41) is 3.84. The molecule has 1 saturated heterocycles. The van der Waals surface area contributed by atoms with Crippen molar-refractivity contribution in [3.05, 3.63) is 58.0 Å². The quantitative estimate of drug-likeness (QED) is 0.584. The van der Waals surface area contributed by atoms with E-state index in [9.17, 15) is 4.79 Å². The van der Waals surface area contributed by atoms with E-state index >= 15 is 0 Å². The predicted octanol–water partition coefficient (Wildman–Crippen LogP) is 3.23. The first kappa shape index (κ1) is 20.0. The van der Waals surface area contributed by atoms with E-state index in [1.165, 1.54) is 44.3 Å². The van der Waals surface area contributed by atoms with Crippen LogP contribution in [0.2, 0.25) is 0 Å². The van der Waals surface area contributed by atoms with Gasteiger partial charge in [-0.15, -0.1) is 0 Å². The van der Waals surface area contributed by atoms with Gasteiger partial charge in [0.05, 0.1) is 12.1 Å². The summed E-state index contributed by atoms with van der Waals surface area (Å²) in [6.07, 6.45) is 8.10. The van der Waals surface area contributed by atoms with Crippen molar-refractivity contribution in [1.29, 1.82) is 0 Å². The summed E-state index contributed by atoms with van der Waals surface area (Å²) in [4.78, 5) is 24.4. The molecule has 0 bridgehead atoms. The van der Waals surface area contributed by atoms with Gasteiger partial charge < -0.3 is 15.6 Å². The number of fused-ring (bicyclic) bond motifs is 1. The number of hydrogen-bond donors (Lipinski definition) is 2. The van der Waals surface area contributed by atoms with Crippen LogP contribution in [0.25, 0.3) is 10.9 Å². The van der Waals surface area contributed by atoms with Crippen LogP contribution >= 0.6 is 0 Å². The molecule has 1 aliphatic carbocycles. The van der Waals surface area contributed by atoms with E-state index in [0.717, 1.165) is 31.0 Å². The summed E-state index contributed by atoms with van der Waals surface area (Å²) in [7, 11) is 0. The Bertz CT molecular complexity index is 1110. The number of nitrogen functional groups attached to an aromatic ring is 1. The van der Waals surface area contributed by atoms with Crippen molar-refractivity contribution in [3.63, 3.8) is 0 Å². The molecule has 31 heavy (non-hydrogen) atoms. The van der Waals surface area contributed by atoms with Crippen LogP contribution in [-0.2, 0) is 13.1 Å². The number of anilines is 2. The molecule has 3 heterocycles. The summed E-state index contributed by atoms with van der Waals surface area (Å²) in [5.41, 5.74) is 8.80. The van der Waals surface area contributed by atoms with Gasteiger partial charge in [-0.1, -0.05) is 37.1 Å². The van der Waals surface area contributed by atoms with Crippen molar-refractivity contribution in [3.8, 4) is 0 Å². The Morgan fingerprint density at radius 1 is 1.00 bits per heavy atom. The van der Waals surface area contributed by atoms with E-state index in [1.54, 1.807) is 10.8 Å². The molecule has 1 aliphatic heterocycles. The maximum atomic E-state index is 13.3. The maximum Gasteiger partial charge on any atom is 0.264 e. The third-order valence-corrected chi connectivity index (χ3v) is 6.36. The normalized spacial score (nSPS) is 16.8. The Balaban J connectivity index is 1.36. The molecule has 0 radical (unpaired) electrons. The molecule has 7 nitrogen and oxygen atoms in total. The van der Waals surface area contributed by atoms with Crippen molar-refractivity contribution in [2.45, 2.75) is 45.2 Å². The lowest BCUT2D eigenvalue weighted by Gasteiger charge is -2.15. The fourth-order valence-corrected chi connectivity index (χ4v) is 4.40. The van der Waals surface area contributed by atoms with Gasteiger partial charge in [-0.2, -0.15) is 4.98 Å². The molecule has 0 unspecified atom stereocenters. The monoisotopic (exact) mass is 418 g/mol. The average molecular weight is 419 g/mol. The fourth-order valence-electron chi connectivity index (χ4n) is 4.40. The Morgan fingerprint density at radius 2 is 1.71 bits per heavy atom. The highest BCUT2D eigenvalue weighted by Crippen LogP contribution is 2.32. The second kappa shape index (κ2) is 8.67. The van der Waals surface area contributed by atoms with Crippen LogP contribution in [0.4, 0.5) is 11.8 Å². The van der Waals surface area contributed by atoms with E-state index in [1.807, 2.05) is 6.07 Å². The van der Waals surface area contributed by atoms with E-state index in [-0.39, 0.29) is 11.5 Å². The van der Waals surface area contributed by atoms with Crippen molar-refractivity contribution >= 4 is 22.7 Å². The Morgan fingerprint density at radius 3 is 2.42 bits per heavy atom. The number of nitrogens with two attached hydrogens (primary N) is 1. The highest BCUT2D eigenvalue weighted by atomic mass is 16.1. The zero-order chi connectivity index (χ0) is 21.2. The van der Waals surface area contributed by atoms with Gasteiger partial charge in [-0.25, -0.2) is 4.98 Å². The lowest BCUT2D eigenvalue weighted by Crippen LogP contribution is -2.22. The number of pyridine rings is 1. The van der Waals surface area contributed by atoms with Gasteiger partial charge in [0.15, 0.2) is 0 Å². The smallest absolute Gasteiger partial charge is 0.264 e. The topological polar surface area (TPSA) is 89.1 Å². The minimum atomic E-state index is -0.0902. The molecule has 7 heteroatoms. The minimum absolute atomic E-state index is 0.0902. The van der Waals surface area contributed by atoms with Crippen molar-refractivity contribution in [2.24, 2.45) is 5.92 Å². The molecular weight excluding hydrogens is 388 g/mol. The molecule has 0 atom stereocenters. The summed E-state index contributed by atoms with van der Waals surface area (Å²) in [6.45, 7) is 4.70. The largest absolute Gasteiger partial charge is 0.369 e. The summed E-state index contributed by atoms with van der Waals surface area (Å²) in [6, 6.07) is 10.4. The molecule has 0 spiro atoms. The van der Waals surface area contributed by atoms with Gasteiger partial charge in [-0.3, -0.25) is 9.69 Å². The molecule has 0 amide bonds. The summed E-state index contributed by atoms with van der Waals surface area (Å²) < 4.78 is 1.73. The van der Waals surface area contributed by atoms with Crippen LogP contribution in [0.1, 0.15) is 43.2 Å². The molecule has 3 N–H and O–H groups in total. The van der Waals surface area contributed by atoms with Gasteiger partial charge in [0, 0.05) is 19.3 Å². The molecule has 2 fully saturated rings. The molecule has 1 saturated carbocycles. The lowest BCUT2D eigenvalue weighted by molar-refractivity contribution is 0.331. The first-order valence-corrected chi connectivity index (χ1v) is 11.4. The van der Waals surface area contributed by atoms with Crippen LogP contribution in [0.5, 0.6) is 0 Å². The van der Waals surface area contributed by atoms with Gasteiger partial charge >= 0.3 is 0 Å². The van der Waals surface area contributed by atoms with Crippen LogP contribution in [0.15, 0.2) is 41.3 Å². The fraction of sp³-hybridized carbons (Fsp3) is 0.458. The first-order chi connectivity index (χ1) is 15.2. The molecule has 1 aromatic carbocycles. The molecule has 2 aromatic heterocycles. The Kier molecular flexibility index (Phi) is 5.59. The maximum absolute atomic E-state index is 13.3. The third kappa shape index (κ3) is 4.71. The third-order valence-electron chi connectivity index (χ3n) is 6.36. The van der Waals surface area contributed by atoms with Crippen molar-refractivity contribution in [1.82, 2.24) is 19.4 Å². The molecule has 3 aromatic rings. The molecular formula is C24H30N6O. The van der Waals surface area contributed by atoms with Gasteiger partial charge in [0.1, 0.15) is 11.2 Å². The lowest BCUT2D eigenvalue weighted by atomic mass is 10.1. The number of nitrogens with zero attached hydrogens (tertiary/aromatic N) is 4. The van der Waals surface area contributed by atoms with Crippen LogP contribution < -0.4 is 16.6 Å². The van der Waals surface area contributed by atoms with Crippen molar-refractivity contribution < 1.29 is 0 Å². The minimum Gasteiger partial charge on any atom is -0.369 e. The van der Waals surface area contributed by atoms with Crippen LogP contribution in [0.3, 0.4) is 0 Å². The zero-order valence-corrected chi connectivity index (χ0v) is 17.9. The number of benzene rings is 1. The first-order valence-electron chi connectivity index (χ1n) is 11.4. The van der Waals surface area contributed by atoms with E-state index in [2.05, 4.69) is 44.5 Å². The predicted molar refractivity (Wildman–Crippen MR) is 124 cm³/mol. The number of aromatic nitrogens is 3. The number of likely N-dealkylation sites (tertiary alicyclic amines) is 1.